The van der Waals surface area contributed by atoms with Crippen LogP contribution in [0.15, 0.2) is 103 Å². The van der Waals surface area contributed by atoms with Crippen molar-refractivity contribution in [1.29, 1.82) is 0 Å². The first-order valence-electron chi connectivity index (χ1n) is 10.7. The van der Waals surface area contributed by atoms with Crippen LogP contribution >= 0.6 is 11.6 Å². The summed E-state index contributed by atoms with van der Waals surface area (Å²) in [5, 5.41) is 0.539. The van der Waals surface area contributed by atoms with Crippen LogP contribution in [0.5, 0.6) is 0 Å². The molecule has 0 atom stereocenters. The zero-order valence-electron chi connectivity index (χ0n) is 17.1. The van der Waals surface area contributed by atoms with Gasteiger partial charge in [0.1, 0.15) is 0 Å². The van der Waals surface area contributed by atoms with Crippen molar-refractivity contribution in [2.24, 2.45) is 0 Å². The fraction of sp³-hybridized carbons (Fsp3) is 0.0345. The van der Waals surface area contributed by atoms with Gasteiger partial charge < -0.3 is 0 Å². The Morgan fingerprint density at radius 1 is 0.531 bits per heavy atom. The van der Waals surface area contributed by atoms with Gasteiger partial charge in [-0.05, 0) is 50.6 Å². The molecule has 1 heterocycles. The summed E-state index contributed by atoms with van der Waals surface area (Å²) in [5.41, 5.74) is 11.1. The maximum absolute atomic E-state index is 6.04. The van der Waals surface area contributed by atoms with E-state index in [1.165, 1.54) is 44.5 Å². The fourth-order valence-corrected chi connectivity index (χ4v) is 5.79. The molecule has 5 aromatic rings. The molecule has 4 aromatic carbocycles. The maximum Gasteiger partial charge on any atom is 0.159 e. The van der Waals surface area contributed by atoms with Crippen LogP contribution in [0.1, 0.15) is 22.3 Å². The minimum Gasteiger partial charge on any atom is -0.235 e. The second-order valence-corrected chi connectivity index (χ2v) is 8.81. The normalized spacial score (nSPS) is 14.0. The van der Waals surface area contributed by atoms with Crippen LogP contribution in [-0.2, 0) is 5.41 Å². The highest BCUT2D eigenvalue weighted by Crippen LogP contribution is 2.62. The number of aromatic nitrogens is 2. The molecule has 0 N–H and O–H groups in total. The van der Waals surface area contributed by atoms with E-state index in [2.05, 4.69) is 101 Å². The first-order valence-corrected chi connectivity index (χ1v) is 11.1. The van der Waals surface area contributed by atoms with Gasteiger partial charge in [-0.3, -0.25) is 0 Å². The molecule has 0 saturated heterocycles. The maximum atomic E-state index is 6.04. The van der Waals surface area contributed by atoms with Crippen molar-refractivity contribution >= 4 is 11.6 Å². The minimum absolute atomic E-state index is 0.346. The van der Waals surface area contributed by atoms with E-state index in [0.29, 0.717) is 10.8 Å². The molecule has 1 spiro atoms. The molecule has 0 unspecified atom stereocenters. The van der Waals surface area contributed by atoms with Crippen molar-refractivity contribution in [2.45, 2.75) is 5.41 Å². The molecular formula is C29H17ClN2. The number of fused-ring (bicyclic) bond motifs is 10. The number of rotatable bonds is 1. The molecule has 32 heavy (non-hydrogen) atoms. The highest BCUT2D eigenvalue weighted by Gasteiger charge is 2.51. The van der Waals surface area contributed by atoms with Crippen LogP contribution in [-0.4, -0.2) is 9.97 Å². The van der Waals surface area contributed by atoms with E-state index in [4.69, 9.17) is 11.6 Å². The topological polar surface area (TPSA) is 25.8 Å². The summed E-state index contributed by atoms with van der Waals surface area (Å²) in [6, 6.07) is 33.1. The van der Waals surface area contributed by atoms with Crippen LogP contribution in [0.3, 0.4) is 0 Å². The number of hydrogen-bond donors (Lipinski definition) is 0. The van der Waals surface area contributed by atoms with Crippen molar-refractivity contribution in [2.75, 3.05) is 0 Å². The fourth-order valence-electron chi connectivity index (χ4n) is 5.70. The Bertz CT molecular complexity index is 1470. The van der Waals surface area contributed by atoms with Crippen LogP contribution in [0.25, 0.3) is 33.6 Å². The SMILES string of the molecule is Clc1cnc(-c2ccc3c(c2)C2(c4ccccc4-c4ccccc42)c2ccccc2-3)nc1. The van der Waals surface area contributed by atoms with Crippen molar-refractivity contribution in [1.82, 2.24) is 9.97 Å². The number of nitrogens with zero attached hydrogens (tertiary/aromatic N) is 2. The Morgan fingerprint density at radius 2 is 1.00 bits per heavy atom. The lowest BCUT2D eigenvalue weighted by molar-refractivity contribution is 0.794. The second-order valence-electron chi connectivity index (χ2n) is 8.37. The molecule has 150 valence electrons. The van der Waals surface area contributed by atoms with Gasteiger partial charge in [-0.15, -0.1) is 0 Å². The Balaban J connectivity index is 1.61. The van der Waals surface area contributed by atoms with Crippen molar-refractivity contribution < 1.29 is 0 Å². The Kier molecular flexibility index (Phi) is 3.57. The molecule has 1 aromatic heterocycles. The zero-order valence-corrected chi connectivity index (χ0v) is 17.8. The lowest BCUT2D eigenvalue weighted by Gasteiger charge is -2.30. The third-order valence-corrected chi connectivity index (χ3v) is 7.07. The molecule has 0 fully saturated rings. The average molecular weight is 429 g/mol. The van der Waals surface area contributed by atoms with E-state index in [1.807, 2.05) is 0 Å². The summed E-state index contributed by atoms with van der Waals surface area (Å²) < 4.78 is 0. The van der Waals surface area contributed by atoms with Gasteiger partial charge in [-0.1, -0.05) is 96.5 Å². The smallest absolute Gasteiger partial charge is 0.159 e. The largest absolute Gasteiger partial charge is 0.235 e. The van der Waals surface area contributed by atoms with Crippen LogP contribution in [0.4, 0.5) is 0 Å². The van der Waals surface area contributed by atoms with Gasteiger partial charge in [0.15, 0.2) is 5.82 Å². The zero-order chi connectivity index (χ0) is 21.3. The van der Waals surface area contributed by atoms with E-state index < -0.39 is 0 Å². The Labute approximate surface area is 191 Å². The van der Waals surface area contributed by atoms with Gasteiger partial charge >= 0.3 is 0 Å². The molecule has 2 aliphatic rings. The summed E-state index contributed by atoms with van der Waals surface area (Å²) >= 11 is 6.04. The molecule has 0 aliphatic heterocycles. The summed E-state index contributed by atoms with van der Waals surface area (Å²) in [7, 11) is 0. The standard InChI is InChI=1S/C29H17ClN2/c30-19-16-31-28(32-17-19)18-13-14-23-22-9-3-6-12-26(22)29(27(23)15-18)24-10-4-1-7-20(24)21-8-2-5-11-25(21)29/h1-17H. The third kappa shape index (κ3) is 2.15. The first-order chi connectivity index (χ1) is 15.8. The summed E-state index contributed by atoms with van der Waals surface area (Å²) in [6.07, 6.45) is 3.31. The highest BCUT2D eigenvalue weighted by molar-refractivity contribution is 6.30. The quantitative estimate of drug-likeness (QED) is 0.277. The predicted molar refractivity (Wildman–Crippen MR) is 129 cm³/mol. The van der Waals surface area contributed by atoms with Crippen LogP contribution < -0.4 is 0 Å². The monoisotopic (exact) mass is 428 g/mol. The molecule has 2 nitrogen and oxygen atoms in total. The number of hydrogen-bond acceptors (Lipinski definition) is 2. The second kappa shape index (κ2) is 6.38. The molecule has 0 saturated carbocycles. The number of benzene rings is 4. The minimum atomic E-state index is -0.346. The molecule has 0 bridgehead atoms. The van der Waals surface area contributed by atoms with Gasteiger partial charge in [-0.25, -0.2) is 9.97 Å². The van der Waals surface area contributed by atoms with Crippen molar-refractivity contribution in [3.05, 3.63) is 131 Å². The molecule has 7 rings (SSSR count). The lowest BCUT2D eigenvalue weighted by Crippen LogP contribution is -2.25. The van der Waals surface area contributed by atoms with Gasteiger partial charge in [0, 0.05) is 18.0 Å². The highest BCUT2D eigenvalue weighted by atomic mass is 35.5. The van der Waals surface area contributed by atoms with Gasteiger partial charge in [-0.2, -0.15) is 0 Å². The molecule has 0 radical (unpaired) electrons. The summed E-state index contributed by atoms with van der Waals surface area (Å²) in [6.45, 7) is 0. The first kappa shape index (κ1) is 17.9. The molecule has 0 amide bonds. The summed E-state index contributed by atoms with van der Waals surface area (Å²) in [4.78, 5) is 8.97. The number of halogens is 1. The summed E-state index contributed by atoms with van der Waals surface area (Å²) in [5.74, 6) is 0.683. The molecule has 3 heteroatoms. The van der Waals surface area contributed by atoms with Gasteiger partial charge in [0.05, 0.1) is 10.4 Å². The van der Waals surface area contributed by atoms with Gasteiger partial charge in [0.25, 0.3) is 0 Å². The van der Waals surface area contributed by atoms with Gasteiger partial charge in [0.2, 0.25) is 0 Å². The average Bonchev–Trinajstić information content (AvgIpc) is 3.32. The van der Waals surface area contributed by atoms with Crippen LogP contribution in [0, 0.1) is 0 Å². The van der Waals surface area contributed by atoms with E-state index in [0.717, 1.165) is 5.56 Å². The van der Waals surface area contributed by atoms with E-state index in [1.54, 1.807) is 12.4 Å². The molecule has 2 aliphatic carbocycles. The van der Waals surface area contributed by atoms with E-state index in [9.17, 15) is 0 Å². The van der Waals surface area contributed by atoms with Crippen molar-refractivity contribution in [3.8, 4) is 33.6 Å². The van der Waals surface area contributed by atoms with E-state index in [-0.39, 0.29) is 5.41 Å². The Morgan fingerprint density at radius 3 is 1.53 bits per heavy atom. The Hall–Kier alpha value is -3.75. The van der Waals surface area contributed by atoms with Crippen LogP contribution in [0.2, 0.25) is 5.02 Å². The molecular weight excluding hydrogens is 412 g/mol. The van der Waals surface area contributed by atoms with E-state index >= 15 is 0 Å². The van der Waals surface area contributed by atoms with Crippen molar-refractivity contribution in [3.63, 3.8) is 0 Å². The lowest BCUT2D eigenvalue weighted by atomic mass is 9.70. The predicted octanol–water partition coefficient (Wildman–Crippen LogP) is 7.14. The third-order valence-electron chi connectivity index (χ3n) is 6.88.